The van der Waals surface area contributed by atoms with Crippen molar-refractivity contribution in [3.8, 4) is 0 Å². The third kappa shape index (κ3) is 3.93. The van der Waals surface area contributed by atoms with Crippen LogP contribution in [0.4, 0.5) is 0 Å². The maximum Gasteiger partial charge on any atom is 0.0802 e. The maximum atomic E-state index is 10.2. The van der Waals surface area contributed by atoms with Crippen molar-refractivity contribution >= 4 is 11.6 Å². The molecule has 1 aromatic carbocycles. The number of nitrogens with zero attached hydrogens (tertiary/aromatic N) is 1. The Hall–Kier alpha value is -0.610. The highest BCUT2D eigenvalue weighted by Crippen LogP contribution is 2.22. The van der Waals surface area contributed by atoms with Gasteiger partial charge in [0.1, 0.15) is 0 Å². The van der Waals surface area contributed by atoms with E-state index in [2.05, 4.69) is 18.9 Å². The monoisotopic (exact) mass is 283 g/mol. The van der Waals surface area contributed by atoms with Gasteiger partial charge in [-0.15, -0.1) is 0 Å². The van der Waals surface area contributed by atoms with Crippen molar-refractivity contribution in [3.05, 3.63) is 34.9 Å². The molecule has 0 bridgehead atoms. The molecule has 0 spiro atoms. The lowest BCUT2D eigenvalue weighted by Gasteiger charge is -2.27. The van der Waals surface area contributed by atoms with E-state index in [1.807, 2.05) is 24.3 Å². The molecule has 19 heavy (non-hydrogen) atoms. The van der Waals surface area contributed by atoms with Crippen LogP contribution in [0.25, 0.3) is 0 Å². The highest BCUT2D eigenvalue weighted by molar-refractivity contribution is 6.30. The molecule has 0 radical (unpaired) electrons. The summed E-state index contributed by atoms with van der Waals surface area (Å²) in [5, 5.41) is 10.9. The van der Waals surface area contributed by atoms with Gasteiger partial charge in [0.05, 0.1) is 12.2 Å². The standard InChI is InChI=1S/C15H22ClNO2/c1-11-14(8-10-19-11)17(2)9-7-15(18)12-3-5-13(16)6-4-12/h3-6,11,14-15,18H,7-10H2,1-2H3. The highest BCUT2D eigenvalue weighted by atomic mass is 35.5. The number of hydrogen-bond acceptors (Lipinski definition) is 3. The second-order valence-electron chi connectivity index (χ2n) is 5.27. The average Bonchev–Trinajstić information content (AvgIpc) is 2.83. The molecular weight excluding hydrogens is 262 g/mol. The predicted molar refractivity (Wildman–Crippen MR) is 77.5 cm³/mol. The molecule has 1 heterocycles. The van der Waals surface area contributed by atoms with E-state index in [1.165, 1.54) is 0 Å². The Kier molecular flexibility index (Phi) is 5.22. The van der Waals surface area contributed by atoms with Crippen LogP contribution in [-0.4, -0.2) is 42.4 Å². The summed E-state index contributed by atoms with van der Waals surface area (Å²) in [6.07, 6.45) is 1.66. The van der Waals surface area contributed by atoms with Crippen LogP contribution in [0.15, 0.2) is 24.3 Å². The van der Waals surface area contributed by atoms with Crippen LogP contribution in [0.3, 0.4) is 0 Å². The lowest BCUT2D eigenvalue weighted by molar-refractivity contribution is 0.0749. The van der Waals surface area contributed by atoms with E-state index in [9.17, 15) is 5.11 Å². The smallest absolute Gasteiger partial charge is 0.0802 e. The van der Waals surface area contributed by atoms with Crippen molar-refractivity contribution in [2.45, 2.75) is 38.0 Å². The van der Waals surface area contributed by atoms with Crippen LogP contribution in [0.1, 0.15) is 31.4 Å². The Labute approximate surface area is 120 Å². The summed E-state index contributed by atoms with van der Waals surface area (Å²) in [6, 6.07) is 7.87. The fraction of sp³-hybridized carbons (Fsp3) is 0.600. The van der Waals surface area contributed by atoms with E-state index in [0.29, 0.717) is 11.1 Å². The number of aliphatic hydroxyl groups excluding tert-OH is 1. The molecule has 3 unspecified atom stereocenters. The Bertz CT molecular complexity index is 396. The molecule has 4 heteroatoms. The zero-order valence-electron chi connectivity index (χ0n) is 11.6. The number of likely N-dealkylation sites (N-methyl/N-ethyl adjacent to an activating group) is 1. The molecule has 1 N–H and O–H groups in total. The first-order valence-electron chi connectivity index (χ1n) is 6.83. The van der Waals surface area contributed by atoms with Crippen molar-refractivity contribution in [1.82, 2.24) is 4.90 Å². The molecule has 106 valence electrons. The molecular formula is C15H22ClNO2. The number of hydrogen-bond donors (Lipinski definition) is 1. The van der Waals surface area contributed by atoms with Gasteiger partial charge in [0, 0.05) is 24.2 Å². The van der Waals surface area contributed by atoms with Gasteiger partial charge in [-0.1, -0.05) is 23.7 Å². The van der Waals surface area contributed by atoms with Gasteiger partial charge in [0.15, 0.2) is 0 Å². The van der Waals surface area contributed by atoms with Gasteiger partial charge >= 0.3 is 0 Å². The summed E-state index contributed by atoms with van der Waals surface area (Å²) in [5.74, 6) is 0. The van der Waals surface area contributed by atoms with Crippen LogP contribution in [0.2, 0.25) is 5.02 Å². The van der Waals surface area contributed by atoms with Crippen LogP contribution in [-0.2, 0) is 4.74 Å². The third-order valence-corrected chi connectivity index (χ3v) is 4.16. The van der Waals surface area contributed by atoms with Gasteiger partial charge in [0.2, 0.25) is 0 Å². The fourth-order valence-corrected chi connectivity index (χ4v) is 2.77. The summed E-state index contributed by atoms with van der Waals surface area (Å²) in [4.78, 5) is 2.29. The van der Waals surface area contributed by atoms with Gasteiger partial charge in [-0.2, -0.15) is 0 Å². The molecule has 1 fully saturated rings. The predicted octanol–water partition coefficient (Wildman–Crippen LogP) is 2.87. The Morgan fingerprint density at radius 1 is 1.42 bits per heavy atom. The maximum absolute atomic E-state index is 10.2. The molecule has 3 nitrogen and oxygen atoms in total. The first-order chi connectivity index (χ1) is 9.08. The molecule has 0 amide bonds. The van der Waals surface area contributed by atoms with Gasteiger partial charge in [-0.05, 0) is 44.5 Å². The molecule has 2 rings (SSSR count). The second-order valence-corrected chi connectivity index (χ2v) is 5.70. The molecule has 1 aromatic rings. The number of aliphatic hydroxyl groups is 1. The van der Waals surface area contributed by atoms with Crippen molar-refractivity contribution in [2.24, 2.45) is 0 Å². The van der Waals surface area contributed by atoms with Gasteiger partial charge in [-0.3, -0.25) is 0 Å². The minimum absolute atomic E-state index is 0.290. The summed E-state index contributed by atoms with van der Waals surface area (Å²) in [6.45, 7) is 3.82. The molecule has 1 aliphatic heterocycles. The molecule has 0 saturated carbocycles. The quantitative estimate of drug-likeness (QED) is 0.902. The second kappa shape index (κ2) is 6.71. The molecule has 0 aliphatic carbocycles. The Balaban J connectivity index is 1.82. The Morgan fingerprint density at radius 3 is 2.68 bits per heavy atom. The van der Waals surface area contributed by atoms with Crippen LogP contribution in [0.5, 0.6) is 0 Å². The van der Waals surface area contributed by atoms with Crippen LogP contribution < -0.4 is 0 Å². The van der Waals surface area contributed by atoms with Crippen molar-refractivity contribution in [2.75, 3.05) is 20.2 Å². The van der Waals surface area contributed by atoms with Crippen LogP contribution in [0, 0.1) is 0 Å². The number of halogens is 1. The minimum atomic E-state index is -0.433. The summed E-state index contributed by atoms with van der Waals surface area (Å²) in [7, 11) is 2.10. The van der Waals surface area contributed by atoms with Crippen molar-refractivity contribution in [3.63, 3.8) is 0 Å². The van der Waals surface area contributed by atoms with E-state index in [0.717, 1.165) is 31.6 Å². The number of rotatable bonds is 5. The zero-order valence-corrected chi connectivity index (χ0v) is 12.3. The minimum Gasteiger partial charge on any atom is -0.388 e. The zero-order chi connectivity index (χ0) is 13.8. The molecule has 3 atom stereocenters. The van der Waals surface area contributed by atoms with Gasteiger partial charge in [0.25, 0.3) is 0 Å². The van der Waals surface area contributed by atoms with E-state index in [-0.39, 0.29) is 6.10 Å². The summed E-state index contributed by atoms with van der Waals surface area (Å²) < 4.78 is 5.57. The van der Waals surface area contributed by atoms with Crippen molar-refractivity contribution < 1.29 is 9.84 Å². The largest absolute Gasteiger partial charge is 0.388 e. The highest BCUT2D eigenvalue weighted by Gasteiger charge is 2.27. The van der Waals surface area contributed by atoms with E-state index >= 15 is 0 Å². The van der Waals surface area contributed by atoms with Gasteiger partial charge in [-0.25, -0.2) is 0 Å². The first kappa shape index (κ1) is 14.8. The lowest BCUT2D eigenvalue weighted by atomic mass is 10.1. The summed E-state index contributed by atoms with van der Waals surface area (Å²) in [5.41, 5.74) is 0.925. The van der Waals surface area contributed by atoms with E-state index in [4.69, 9.17) is 16.3 Å². The van der Waals surface area contributed by atoms with Gasteiger partial charge < -0.3 is 14.7 Å². The average molecular weight is 284 g/mol. The van der Waals surface area contributed by atoms with E-state index < -0.39 is 6.10 Å². The normalized spacial score (nSPS) is 24.9. The molecule has 0 aromatic heterocycles. The first-order valence-corrected chi connectivity index (χ1v) is 7.21. The van der Waals surface area contributed by atoms with Crippen LogP contribution >= 0.6 is 11.6 Å². The topological polar surface area (TPSA) is 32.7 Å². The van der Waals surface area contributed by atoms with E-state index in [1.54, 1.807) is 0 Å². The summed E-state index contributed by atoms with van der Waals surface area (Å²) >= 11 is 5.84. The fourth-order valence-electron chi connectivity index (χ4n) is 2.64. The molecule has 1 aliphatic rings. The SMILES string of the molecule is CC1OCCC1N(C)CCC(O)c1ccc(Cl)cc1. The Morgan fingerprint density at radius 2 is 2.11 bits per heavy atom. The van der Waals surface area contributed by atoms with Crippen molar-refractivity contribution in [1.29, 1.82) is 0 Å². The lowest BCUT2D eigenvalue weighted by Crippen LogP contribution is -2.37. The number of benzene rings is 1. The molecule has 1 saturated heterocycles. The third-order valence-electron chi connectivity index (χ3n) is 3.91. The number of ether oxygens (including phenoxy) is 1.